The van der Waals surface area contributed by atoms with Gasteiger partial charge in [0.25, 0.3) is 0 Å². The van der Waals surface area contributed by atoms with E-state index in [0.29, 0.717) is 6.42 Å². The number of rotatable bonds is 5. The van der Waals surface area contributed by atoms with Gasteiger partial charge in [-0.05, 0) is 33.1 Å². The molecule has 0 spiro atoms. The summed E-state index contributed by atoms with van der Waals surface area (Å²) in [6, 6.07) is 0. The zero-order valence-corrected chi connectivity index (χ0v) is 8.50. The van der Waals surface area contributed by atoms with E-state index < -0.39 is 11.6 Å². The molecule has 0 aliphatic rings. The summed E-state index contributed by atoms with van der Waals surface area (Å²) in [5.74, 6) is -1.13. The Morgan fingerprint density at radius 2 is 2.00 bits per heavy atom. The highest BCUT2D eigenvalue weighted by molar-refractivity contribution is 5.76. The summed E-state index contributed by atoms with van der Waals surface area (Å²) >= 11 is 0. The van der Waals surface area contributed by atoms with Gasteiger partial charge >= 0.3 is 5.97 Å². The number of carboxylic acid groups (broad SMARTS) is 1. The number of hydrogen-bond donors (Lipinski definition) is 2. The lowest BCUT2D eigenvalue weighted by atomic mass is 9.94. The average Bonchev–Trinajstić information content (AvgIpc) is 2.03. The van der Waals surface area contributed by atoms with Gasteiger partial charge < -0.3 is 10.2 Å². The van der Waals surface area contributed by atoms with Crippen LogP contribution in [0.1, 0.15) is 40.0 Å². The molecule has 0 saturated heterocycles. The Morgan fingerprint density at radius 1 is 1.46 bits per heavy atom. The van der Waals surface area contributed by atoms with Gasteiger partial charge in [-0.15, -0.1) is 0 Å². The summed E-state index contributed by atoms with van der Waals surface area (Å²) in [5.41, 5.74) is -0.407. The topological polar surface area (TPSA) is 57.5 Å². The fourth-order valence-corrected chi connectivity index (χ4v) is 1.03. The zero-order chi connectivity index (χ0) is 10.5. The SMILES string of the molecule is CCC(O)(CCC=C(C)C)C(=O)O. The quantitative estimate of drug-likeness (QED) is 0.645. The second kappa shape index (κ2) is 5.02. The van der Waals surface area contributed by atoms with Crippen LogP contribution in [0.5, 0.6) is 0 Å². The van der Waals surface area contributed by atoms with Crippen LogP contribution in [0.4, 0.5) is 0 Å². The van der Waals surface area contributed by atoms with Crippen LogP contribution in [0.3, 0.4) is 0 Å². The van der Waals surface area contributed by atoms with Crippen LogP contribution in [0.25, 0.3) is 0 Å². The van der Waals surface area contributed by atoms with Crippen molar-refractivity contribution in [3.63, 3.8) is 0 Å². The van der Waals surface area contributed by atoms with E-state index in [2.05, 4.69) is 0 Å². The van der Waals surface area contributed by atoms with Gasteiger partial charge in [0.2, 0.25) is 0 Å². The Balaban J connectivity index is 4.14. The lowest BCUT2D eigenvalue weighted by Crippen LogP contribution is -2.37. The number of allylic oxidation sites excluding steroid dienone is 2. The maximum Gasteiger partial charge on any atom is 0.335 e. The van der Waals surface area contributed by atoms with Crippen LogP contribution in [0, 0.1) is 0 Å². The zero-order valence-electron chi connectivity index (χ0n) is 8.50. The van der Waals surface area contributed by atoms with Crippen molar-refractivity contribution in [2.24, 2.45) is 0 Å². The number of carboxylic acids is 1. The Labute approximate surface area is 79.1 Å². The van der Waals surface area contributed by atoms with Crippen LogP contribution in [0.2, 0.25) is 0 Å². The third-order valence-corrected chi connectivity index (χ3v) is 2.09. The van der Waals surface area contributed by atoms with Crippen molar-refractivity contribution in [1.29, 1.82) is 0 Å². The fourth-order valence-electron chi connectivity index (χ4n) is 1.03. The minimum absolute atomic E-state index is 0.249. The Morgan fingerprint density at radius 3 is 2.31 bits per heavy atom. The smallest absolute Gasteiger partial charge is 0.335 e. The minimum atomic E-state index is -1.55. The Hall–Kier alpha value is -0.830. The van der Waals surface area contributed by atoms with E-state index in [9.17, 15) is 9.90 Å². The van der Waals surface area contributed by atoms with Crippen LogP contribution >= 0.6 is 0 Å². The molecule has 0 radical (unpaired) electrons. The summed E-state index contributed by atoms with van der Waals surface area (Å²) in [6.45, 7) is 5.58. The van der Waals surface area contributed by atoms with Gasteiger partial charge in [-0.3, -0.25) is 0 Å². The molecule has 0 rings (SSSR count). The van der Waals surface area contributed by atoms with Crippen LogP contribution < -0.4 is 0 Å². The molecule has 0 aliphatic heterocycles. The molecule has 1 atom stereocenters. The molecule has 3 nitrogen and oxygen atoms in total. The standard InChI is InChI=1S/C10H18O3/c1-4-10(13,9(11)12)7-5-6-8(2)3/h6,13H,4-5,7H2,1-3H3,(H,11,12). The molecule has 0 heterocycles. The molecule has 0 amide bonds. The summed E-state index contributed by atoms with van der Waals surface area (Å²) < 4.78 is 0. The highest BCUT2D eigenvalue weighted by Gasteiger charge is 2.32. The highest BCUT2D eigenvalue weighted by atomic mass is 16.4. The largest absolute Gasteiger partial charge is 0.479 e. The third kappa shape index (κ3) is 4.08. The molecule has 76 valence electrons. The molecule has 0 aromatic rings. The number of hydrogen-bond acceptors (Lipinski definition) is 2. The van der Waals surface area contributed by atoms with E-state index in [1.165, 1.54) is 0 Å². The van der Waals surface area contributed by atoms with E-state index >= 15 is 0 Å². The molecule has 0 saturated carbocycles. The number of aliphatic hydroxyl groups is 1. The summed E-state index contributed by atoms with van der Waals surface area (Å²) in [5, 5.41) is 18.3. The second-order valence-electron chi connectivity index (χ2n) is 3.51. The van der Waals surface area contributed by atoms with E-state index in [-0.39, 0.29) is 12.8 Å². The maximum absolute atomic E-state index is 10.7. The predicted octanol–water partition coefficient (Wildman–Crippen LogP) is 1.96. The van der Waals surface area contributed by atoms with Crippen molar-refractivity contribution in [3.8, 4) is 0 Å². The highest BCUT2D eigenvalue weighted by Crippen LogP contribution is 2.18. The molecule has 13 heavy (non-hydrogen) atoms. The van der Waals surface area contributed by atoms with Gasteiger partial charge in [0.1, 0.15) is 0 Å². The predicted molar refractivity (Wildman–Crippen MR) is 51.5 cm³/mol. The summed E-state index contributed by atoms with van der Waals surface area (Å²) in [7, 11) is 0. The Kier molecular flexibility index (Phi) is 4.70. The van der Waals surface area contributed by atoms with Gasteiger partial charge in [-0.1, -0.05) is 18.6 Å². The van der Waals surface area contributed by atoms with Crippen molar-refractivity contribution in [2.75, 3.05) is 0 Å². The molecule has 0 bridgehead atoms. The summed E-state index contributed by atoms with van der Waals surface area (Å²) in [6.07, 6.45) is 3.07. The first-order chi connectivity index (χ1) is 5.92. The fraction of sp³-hybridized carbons (Fsp3) is 0.700. The molecule has 1 unspecified atom stereocenters. The van der Waals surface area contributed by atoms with Crippen molar-refractivity contribution >= 4 is 5.97 Å². The van der Waals surface area contributed by atoms with E-state index in [1.807, 2.05) is 19.9 Å². The Bertz CT molecular complexity index is 204. The van der Waals surface area contributed by atoms with Gasteiger partial charge in [0, 0.05) is 0 Å². The summed E-state index contributed by atoms with van der Waals surface area (Å²) in [4.78, 5) is 10.7. The van der Waals surface area contributed by atoms with Crippen molar-refractivity contribution in [2.45, 2.75) is 45.6 Å². The van der Waals surface area contributed by atoms with Crippen molar-refractivity contribution < 1.29 is 15.0 Å². The first-order valence-corrected chi connectivity index (χ1v) is 4.51. The average molecular weight is 186 g/mol. The molecule has 0 fully saturated rings. The minimum Gasteiger partial charge on any atom is -0.479 e. The molecule has 3 heteroatoms. The second-order valence-corrected chi connectivity index (χ2v) is 3.51. The van der Waals surface area contributed by atoms with Crippen molar-refractivity contribution in [3.05, 3.63) is 11.6 Å². The van der Waals surface area contributed by atoms with Crippen molar-refractivity contribution in [1.82, 2.24) is 0 Å². The molecule has 0 aromatic carbocycles. The van der Waals surface area contributed by atoms with Crippen LogP contribution in [0.15, 0.2) is 11.6 Å². The van der Waals surface area contributed by atoms with Gasteiger partial charge in [0.15, 0.2) is 5.60 Å². The van der Waals surface area contributed by atoms with E-state index in [4.69, 9.17) is 5.11 Å². The monoisotopic (exact) mass is 186 g/mol. The molecule has 0 aromatic heterocycles. The van der Waals surface area contributed by atoms with Gasteiger partial charge in [-0.2, -0.15) is 0 Å². The third-order valence-electron chi connectivity index (χ3n) is 2.09. The van der Waals surface area contributed by atoms with Crippen LogP contribution in [-0.4, -0.2) is 21.8 Å². The molecular weight excluding hydrogens is 168 g/mol. The number of carbonyl (C=O) groups is 1. The lowest BCUT2D eigenvalue weighted by molar-refractivity contribution is -0.159. The van der Waals surface area contributed by atoms with E-state index in [1.54, 1.807) is 6.92 Å². The normalized spacial score (nSPS) is 14.8. The van der Waals surface area contributed by atoms with E-state index in [0.717, 1.165) is 5.57 Å². The first kappa shape index (κ1) is 12.2. The maximum atomic E-state index is 10.7. The lowest BCUT2D eigenvalue weighted by Gasteiger charge is -2.20. The molecule has 0 aliphatic carbocycles. The number of aliphatic carboxylic acids is 1. The first-order valence-electron chi connectivity index (χ1n) is 4.51. The molecule has 2 N–H and O–H groups in total. The van der Waals surface area contributed by atoms with Crippen LogP contribution in [-0.2, 0) is 4.79 Å². The molecular formula is C10H18O3. The van der Waals surface area contributed by atoms with Gasteiger partial charge in [0.05, 0.1) is 0 Å². The van der Waals surface area contributed by atoms with Gasteiger partial charge in [-0.25, -0.2) is 4.79 Å².